The highest BCUT2D eigenvalue weighted by Crippen LogP contribution is 2.38. The van der Waals surface area contributed by atoms with E-state index in [2.05, 4.69) is 5.32 Å². The van der Waals surface area contributed by atoms with Crippen LogP contribution in [0.3, 0.4) is 0 Å². The van der Waals surface area contributed by atoms with Gasteiger partial charge in [-0.2, -0.15) is 13.2 Å². The molecule has 242 valence electrons. The molecule has 1 aliphatic carbocycles. The Kier molecular flexibility index (Phi) is 11.3. The first-order chi connectivity index (χ1) is 21.2. The number of nitrogens with zero attached hydrogens (tertiary/aromatic N) is 2. The van der Waals surface area contributed by atoms with Crippen molar-refractivity contribution in [3.63, 3.8) is 0 Å². The maximum atomic E-state index is 14.1. The average Bonchev–Trinajstić information content (AvgIpc) is 3.00. The molecule has 14 heteroatoms. The molecule has 0 bridgehead atoms. The predicted molar refractivity (Wildman–Crippen MR) is 169 cm³/mol. The first-order valence-electron chi connectivity index (χ1n) is 14.2. The normalized spacial score (nSPS) is 14.9. The molecule has 1 unspecified atom stereocenters. The number of sulfonamides is 1. The molecule has 1 N–H and O–H groups in total. The highest BCUT2D eigenvalue weighted by atomic mass is 35.5. The second-order valence-corrected chi connectivity index (χ2v) is 13.9. The molecular weight excluding hydrogens is 674 g/mol. The van der Waals surface area contributed by atoms with Gasteiger partial charge in [0.25, 0.3) is 10.0 Å². The number of amides is 2. The van der Waals surface area contributed by atoms with E-state index >= 15 is 0 Å². The van der Waals surface area contributed by atoms with Gasteiger partial charge in [0.15, 0.2) is 0 Å². The quantitative estimate of drug-likeness (QED) is 0.234. The van der Waals surface area contributed by atoms with Crippen LogP contribution in [0.4, 0.5) is 18.9 Å². The summed E-state index contributed by atoms with van der Waals surface area (Å²) in [4.78, 5) is 28.4. The molecule has 0 aliphatic heterocycles. The maximum absolute atomic E-state index is 14.1. The number of carbonyl (C=O) groups is 2. The Morgan fingerprint density at radius 1 is 0.911 bits per heavy atom. The lowest BCUT2D eigenvalue weighted by Crippen LogP contribution is -2.53. The Morgan fingerprint density at radius 3 is 2.18 bits per heavy atom. The van der Waals surface area contributed by atoms with Gasteiger partial charge in [0.2, 0.25) is 11.8 Å². The zero-order valence-electron chi connectivity index (χ0n) is 24.2. The molecule has 4 rings (SSSR count). The fraction of sp³-hybridized carbons (Fsp3) is 0.355. The third-order valence-electron chi connectivity index (χ3n) is 7.61. The molecule has 0 heterocycles. The molecular formula is C31H31Cl3F3N3O4S. The minimum absolute atomic E-state index is 0.0690. The monoisotopic (exact) mass is 703 g/mol. The van der Waals surface area contributed by atoms with Gasteiger partial charge in [-0.1, -0.05) is 78.3 Å². The van der Waals surface area contributed by atoms with Crippen molar-refractivity contribution in [2.45, 2.75) is 68.7 Å². The molecule has 3 aromatic carbocycles. The Balaban J connectivity index is 1.75. The van der Waals surface area contributed by atoms with E-state index in [1.807, 2.05) is 0 Å². The third kappa shape index (κ3) is 8.64. The third-order valence-corrected chi connectivity index (χ3v) is 10.5. The van der Waals surface area contributed by atoms with Gasteiger partial charge in [0, 0.05) is 12.6 Å². The zero-order chi connectivity index (χ0) is 32.9. The number of rotatable bonds is 10. The molecule has 2 amide bonds. The Hall–Kier alpha value is -2.99. The number of alkyl halides is 3. The molecule has 0 radical (unpaired) electrons. The van der Waals surface area contributed by atoms with Crippen LogP contribution in [-0.2, 0) is 32.3 Å². The van der Waals surface area contributed by atoms with E-state index in [-0.39, 0.29) is 27.5 Å². The summed E-state index contributed by atoms with van der Waals surface area (Å²) in [5.74, 6) is -1.28. The highest BCUT2D eigenvalue weighted by molar-refractivity contribution is 7.92. The molecule has 1 aliphatic rings. The standard InChI is InChI=1S/C31H31Cl3F3N3O4S/c1-20(30(42)38-22-8-4-2-5-9-22)39(18-21-12-14-27(33)28(34)16-21)29(41)19-40(45(43,44)24-10-6-3-7-11-24)23-13-15-26(32)25(17-23)31(35,36)37/h3,6-7,10-17,20,22H,2,4-5,8-9,18-19H2,1H3,(H,38,42). The van der Waals surface area contributed by atoms with Crippen molar-refractivity contribution in [1.29, 1.82) is 0 Å². The van der Waals surface area contributed by atoms with E-state index in [1.165, 1.54) is 48.2 Å². The van der Waals surface area contributed by atoms with Gasteiger partial charge < -0.3 is 10.2 Å². The lowest BCUT2D eigenvalue weighted by molar-refractivity contribution is -0.139. The van der Waals surface area contributed by atoms with Crippen LogP contribution in [-0.4, -0.2) is 43.8 Å². The second kappa shape index (κ2) is 14.6. The number of halogens is 6. The number of nitrogens with one attached hydrogen (secondary N) is 1. The second-order valence-electron chi connectivity index (χ2n) is 10.8. The van der Waals surface area contributed by atoms with Crippen molar-refractivity contribution in [1.82, 2.24) is 10.2 Å². The van der Waals surface area contributed by atoms with Gasteiger partial charge in [-0.05, 0) is 67.8 Å². The first kappa shape index (κ1) is 34.9. The van der Waals surface area contributed by atoms with E-state index in [4.69, 9.17) is 34.8 Å². The van der Waals surface area contributed by atoms with Gasteiger partial charge in [-0.15, -0.1) is 0 Å². The van der Waals surface area contributed by atoms with E-state index in [1.54, 1.807) is 12.1 Å². The fourth-order valence-corrected chi connectivity index (χ4v) is 7.09. The Labute approximate surface area is 275 Å². The molecule has 3 aromatic rings. The maximum Gasteiger partial charge on any atom is 0.417 e. The van der Waals surface area contributed by atoms with Gasteiger partial charge in [0.1, 0.15) is 12.6 Å². The van der Waals surface area contributed by atoms with Crippen LogP contribution in [0.5, 0.6) is 0 Å². The van der Waals surface area contributed by atoms with Crippen molar-refractivity contribution in [2.24, 2.45) is 0 Å². The summed E-state index contributed by atoms with van der Waals surface area (Å²) in [7, 11) is -4.58. The Morgan fingerprint density at radius 2 is 1.56 bits per heavy atom. The van der Waals surface area contributed by atoms with Crippen LogP contribution in [0.2, 0.25) is 15.1 Å². The van der Waals surface area contributed by atoms with E-state index in [9.17, 15) is 31.2 Å². The summed E-state index contributed by atoms with van der Waals surface area (Å²) in [5.41, 5.74) is -1.20. The summed E-state index contributed by atoms with van der Waals surface area (Å²) >= 11 is 18.1. The minimum Gasteiger partial charge on any atom is -0.352 e. The average molecular weight is 705 g/mol. The van der Waals surface area contributed by atoms with Crippen LogP contribution >= 0.6 is 34.8 Å². The molecule has 0 spiro atoms. The van der Waals surface area contributed by atoms with E-state index < -0.39 is 56.9 Å². The molecule has 45 heavy (non-hydrogen) atoms. The van der Waals surface area contributed by atoms with Gasteiger partial charge in [-0.3, -0.25) is 13.9 Å². The topological polar surface area (TPSA) is 86.8 Å². The molecule has 1 saturated carbocycles. The summed E-state index contributed by atoms with van der Waals surface area (Å²) in [6.07, 6.45) is -0.334. The van der Waals surface area contributed by atoms with Crippen LogP contribution in [0, 0.1) is 0 Å². The van der Waals surface area contributed by atoms with Crippen molar-refractivity contribution < 1.29 is 31.2 Å². The predicted octanol–water partition coefficient (Wildman–Crippen LogP) is 7.73. The summed E-state index contributed by atoms with van der Waals surface area (Å²) in [6, 6.07) is 13.1. The molecule has 1 atom stereocenters. The number of hydrogen-bond donors (Lipinski definition) is 1. The van der Waals surface area contributed by atoms with Gasteiger partial charge in [-0.25, -0.2) is 8.42 Å². The first-order valence-corrected chi connectivity index (χ1v) is 16.7. The summed E-state index contributed by atoms with van der Waals surface area (Å²) < 4.78 is 69.7. The van der Waals surface area contributed by atoms with Crippen LogP contribution in [0.15, 0.2) is 71.6 Å². The van der Waals surface area contributed by atoms with E-state index in [0.717, 1.165) is 44.2 Å². The zero-order valence-corrected chi connectivity index (χ0v) is 27.2. The summed E-state index contributed by atoms with van der Waals surface area (Å²) in [6.45, 7) is 0.425. The fourth-order valence-electron chi connectivity index (χ4n) is 5.12. The van der Waals surface area contributed by atoms with Crippen LogP contribution in [0.1, 0.15) is 50.2 Å². The van der Waals surface area contributed by atoms with Crippen molar-refractivity contribution >= 4 is 62.3 Å². The van der Waals surface area contributed by atoms with Crippen LogP contribution < -0.4 is 9.62 Å². The number of benzene rings is 3. The molecule has 7 nitrogen and oxygen atoms in total. The summed E-state index contributed by atoms with van der Waals surface area (Å²) in [5, 5.41) is 2.82. The minimum atomic E-state index is -4.90. The number of hydrogen-bond acceptors (Lipinski definition) is 4. The number of carbonyl (C=O) groups excluding carboxylic acids is 2. The van der Waals surface area contributed by atoms with Gasteiger partial charge >= 0.3 is 6.18 Å². The van der Waals surface area contributed by atoms with Crippen molar-refractivity contribution in [3.8, 4) is 0 Å². The highest BCUT2D eigenvalue weighted by Gasteiger charge is 2.37. The lowest BCUT2D eigenvalue weighted by Gasteiger charge is -2.33. The smallest absolute Gasteiger partial charge is 0.352 e. The largest absolute Gasteiger partial charge is 0.417 e. The van der Waals surface area contributed by atoms with Gasteiger partial charge in [0.05, 0.1) is 31.2 Å². The molecule has 1 fully saturated rings. The van der Waals surface area contributed by atoms with Crippen LogP contribution in [0.25, 0.3) is 0 Å². The lowest BCUT2D eigenvalue weighted by atomic mass is 9.95. The molecule has 0 saturated heterocycles. The molecule has 0 aromatic heterocycles. The van der Waals surface area contributed by atoms with Crippen molar-refractivity contribution in [3.05, 3.63) is 92.9 Å². The SMILES string of the molecule is CC(C(=O)NC1CCCCC1)N(Cc1ccc(Cl)c(Cl)c1)C(=O)CN(c1ccc(Cl)c(C(F)(F)F)c1)S(=O)(=O)c1ccccc1. The Bertz CT molecular complexity index is 1640. The van der Waals surface area contributed by atoms with E-state index in [0.29, 0.717) is 15.9 Å². The number of anilines is 1. The van der Waals surface area contributed by atoms with Crippen molar-refractivity contribution in [2.75, 3.05) is 10.8 Å².